The van der Waals surface area contributed by atoms with Crippen molar-refractivity contribution in [1.82, 2.24) is 5.32 Å². The van der Waals surface area contributed by atoms with Gasteiger partial charge in [0.1, 0.15) is 0 Å². The lowest BCUT2D eigenvalue weighted by atomic mass is 10.0. The molecule has 0 aromatic heterocycles. The van der Waals surface area contributed by atoms with Crippen molar-refractivity contribution >= 4 is 5.97 Å². The molecule has 0 heterocycles. The summed E-state index contributed by atoms with van der Waals surface area (Å²) in [5.41, 5.74) is 4.32. The van der Waals surface area contributed by atoms with E-state index in [1.807, 2.05) is 12.1 Å². The second-order valence-electron chi connectivity index (χ2n) is 5.15. The molecule has 110 valence electrons. The van der Waals surface area contributed by atoms with Crippen LogP contribution in [0, 0.1) is 6.92 Å². The Hall–Kier alpha value is -2.13. The number of esters is 1. The normalized spacial score (nSPS) is 12.0. The first kappa shape index (κ1) is 15.3. The second kappa shape index (κ2) is 7.04. The maximum absolute atomic E-state index is 11.4. The molecule has 21 heavy (non-hydrogen) atoms. The number of hydrogen-bond acceptors (Lipinski definition) is 3. The monoisotopic (exact) mass is 283 g/mol. The minimum atomic E-state index is -0.303. The number of carbonyl (C=O) groups is 1. The number of rotatable bonds is 5. The molecule has 0 radical (unpaired) electrons. The first-order valence-electron chi connectivity index (χ1n) is 7.08. The van der Waals surface area contributed by atoms with Gasteiger partial charge in [-0.3, -0.25) is 0 Å². The summed E-state index contributed by atoms with van der Waals surface area (Å²) >= 11 is 0. The SMILES string of the molecule is COC(=O)c1ccc(CN[C@H](C)c2ccccc2C)cc1. The minimum Gasteiger partial charge on any atom is -0.465 e. The number of carbonyl (C=O) groups excluding carboxylic acids is 1. The lowest BCUT2D eigenvalue weighted by molar-refractivity contribution is 0.0600. The fourth-order valence-electron chi connectivity index (χ4n) is 2.33. The van der Waals surface area contributed by atoms with E-state index in [2.05, 4.69) is 43.4 Å². The first-order chi connectivity index (χ1) is 10.1. The van der Waals surface area contributed by atoms with Crippen LogP contribution in [0.25, 0.3) is 0 Å². The van der Waals surface area contributed by atoms with Crippen LogP contribution >= 0.6 is 0 Å². The van der Waals surface area contributed by atoms with Crippen molar-refractivity contribution in [2.24, 2.45) is 0 Å². The minimum absolute atomic E-state index is 0.284. The summed E-state index contributed by atoms with van der Waals surface area (Å²) in [6, 6.07) is 16.1. The Bertz CT molecular complexity index is 605. The van der Waals surface area contributed by atoms with E-state index in [0.717, 1.165) is 12.1 Å². The zero-order valence-electron chi connectivity index (χ0n) is 12.7. The quantitative estimate of drug-likeness (QED) is 0.852. The predicted octanol–water partition coefficient (Wildman–Crippen LogP) is 3.63. The van der Waals surface area contributed by atoms with Crippen LogP contribution in [0.3, 0.4) is 0 Å². The van der Waals surface area contributed by atoms with Crippen LogP contribution in [0.2, 0.25) is 0 Å². The molecule has 0 amide bonds. The van der Waals surface area contributed by atoms with Crippen molar-refractivity contribution in [3.63, 3.8) is 0 Å². The summed E-state index contributed by atoms with van der Waals surface area (Å²) in [5, 5.41) is 3.50. The molecule has 2 aromatic rings. The van der Waals surface area contributed by atoms with Crippen LogP contribution in [0.5, 0.6) is 0 Å². The molecule has 0 aliphatic rings. The van der Waals surface area contributed by atoms with Gasteiger partial charge in [0.25, 0.3) is 0 Å². The number of ether oxygens (including phenoxy) is 1. The van der Waals surface area contributed by atoms with Gasteiger partial charge in [0, 0.05) is 12.6 Å². The van der Waals surface area contributed by atoms with Gasteiger partial charge in [-0.15, -0.1) is 0 Å². The Kier molecular flexibility index (Phi) is 5.12. The van der Waals surface area contributed by atoms with Crippen LogP contribution in [0.1, 0.15) is 40.0 Å². The third kappa shape index (κ3) is 3.92. The second-order valence-corrected chi connectivity index (χ2v) is 5.15. The largest absolute Gasteiger partial charge is 0.465 e. The topological polar surface area (TPSA) is 38.3 Å². The molecular weight excluding hydrogens is 262 g/mol. The molecule has 2 aromatic carbocycles. The van der Waals surface area contributed by atoms with E-state index in [1.54, 1.807) is 12.1 Å². The van der Waals surface area contributed by atoms with E-state index in [4.69, 9.17) is 4.74 Å². The van der Waals surface area contributed by atoms with Gasteiger partial charge in [-0.2, -0.15) is 0 Å². The van der Waals surface area contributed by atoms with Gasteiger partial charge in [0.05, 0.1) is 12.7 Å². The molecule has 0 bridgehead atoms. The number of hydrogen-bond donors (Lipinski definition) is 1. The molecule has 2 rings (SSSR count). The smallest absolute Gasteiger partial charge is 0.337 e. The molecule has 0 saturated heterocycles. The fourth-order valence-corrected chi connectivity index (χ4v) is 2.33. The highest BCUT2D eigenvalue weighted by Crippen LogP contribution is 2.17. The van der Waals surface area contributed by atoms with E-state index in [-0.39, 0.29) is 12.0 Å². The highest BCUT2D eigenvalue weighted by atomic mass is 16.5. The summed E-state index contributed by atoms with van der Waals surface area (Å²) in [4.78, 5) is 11.4. The molecule has 0 fully saturated rings. The third-order valence-corrected chi connectivity index (χ3v) is 3.64. The van der Waals surface area contributed by atoms with Gasteiger partial charge in [-0.05, 0) is 42.7 Å². The number of aryl methyl sites for hydroxylation is 1. The maximum atomic E-state index is 11.4. The van der Waals surface area contributed by atoms with Crippen LogP contribution in [0.15, 0.2) is 48.5 Å². The molecule has 0 unspecified atom stereocenters. The number of benzene rings is 2. The van der Waals surface area contributed by atoms with E-state index in [9.17, 15) is 4.79 Å². The van der Waals surface area contributed by atoms with Gasteiger partial charge in [-0.25, -0.2) is 4.79 Å². The predicted molar refractivity (Wildman–Crippen MR) is 84.2 cm³/mol. The standard InChI is InChI=1S/C18H21NO2/c1-13-6-4-5-7-17(13)14(2)19-12-15-8-10-16(11-9-15)18(20)21-3/h4-11,14,19H,12H2,1-3H3/t14-/m1/s1. The molecule has 0 saturated carbocycles. The maximum Gasteiger partial charge on any atom is 0.337 e. The zero-order valence-corrected chi connectivity index (χ0v) is 12.7. The van der Waals surface area contributed by atoms with Gasteiger partial charge in [0.2, 0.25) is 0 Å². The molecule has 0 spiro atoms. The van der Waals surface area contributed by atoms with Crippen molar-refractivity contribution < 1.29 is 9.53 Å². The molecule has 1 atom stereocenters. The van der Waals surface area contributed by atoms with Crippen molar-refractivity contribution in [3.8, 4) is 0 Å². The zero-order chi connectivity index (χ0) is 15.2. The molecule has 0 aliphatic carbocycles. The summed E-state index contributed by atoms with van der Waals surface area (Å²) < 4.78 is 4.69. The highest BCUT2D eigenvalue weighted by Gasteiger charge is 2.08. The summed E-state index contributed by atoms with van der Waals surface area (Å²) in [6.07, 6.45) is 0. The molecular formula is C18H21NO2. The van der Waals surface area contributed by atoms with Crippen LogP contribution < -0.4 is 5.32 Å². The van der Waals surface area contributed by atoms with Crippen molar-refractivity contribution in [3.05, 3.63) is 70.8 Å². The Labute approximate surface area is 126 Å². The van der Waals surface area contributed by atoms with Gasteiger partial charge >= 0.3 is 5.97 Å². The Balaban J connectivity index is 1.97. The van der Waals surface area contributed by atoms with Crippen molar-refractivity contribution in [2.45, 2.75) is 26.4 Å². The van der Waals surface area contributed by atoms with Gasteiger partial charge in [-0.1, -0.05) is 36.4 Å². The van der Waals surface area contributed by atoms with Gasteiger partial charge < -0.3 is 10.1 Å². The Morgan fingerprint density at radius 2 is 1.81 bits per heavy atom. The molecule has 0 aliphatic heterocycles. The van der Waals surface area contributed by atoms with Crippen LogP contribution in [-0.4, -0.2) is 13.1 Å². The summed E-state index contributed by atoms with van der Waals surface area (Å²) in [5.74, 6) is -0.303. The van der Waals surface area contributed by atoms with E-state index in [1.165, 1.54) is 18.2 Å². The number of methoxy groups -OCH3 is 1. The van der Waals surface area contributed by atoms with Gasteiger partial charge in [0.15, 0.2) is 0 Å². The van der Waals surface area contributed by atoms with Crippen molar-refractivity contribution in [2.75, 3.05) is 7.11 Å². The van der Waals surface area contributed by atoms with E-state index in [0.29, 0.717) is 5.56 Å². The summed E-state index contributed by atoms with van der Waals surface area (Å²) in [7, 11) is 1.39. The molecule has 3 heteroatoms. The summed E-state index contributed by atoms with van der Waals surface area (Å²) in [6.45, 7) is 5.04. The third-order valence-electron chi connectivity index (χ3n) is 3.64. The van der Waals surface area contributed by atoms with Crippen LogP contribution in [0.4, 0.5) is 0 Å². The average Bonchev–Trinajstić information content (AvgIpc) is 2.52. The fraction of sp³-hybridized carbons (Fsp3) is 0.278. The Morgan fingerprint density at radius 1 is 1.14 bits per heavy atom. The molecule has 3 nitrogen and oxygen atoms in total. The van der Waals surface area contributed by atoms with E-state index < -0.39 is 0 Å². The first-order valence-corrected chi connectivity index (χ1v) is 7.08. The lowest BCUT2D eigenvalue weighted by Crippen LogP contribution is -2.18. The Morgan fingerprint density at radius 3 is 2.43 bits per heavy atom. The number of nitrogens with one attached hydrogen (secondary N) is 1. The van der Waals surface area contributed by atoms with E-state index >= 15 is 0 Å². The lowest BCUT2D eigenvalue weighted by Gasteiger charge is -2.16. The highest BCUT2D eigenvalue weighted by molar-refractivity contribution is 5.89. The van der Waals surface area contributed by atoms with Crippen LogP contribution in [-0.2, 0) is 11.3 Å². The average molecular weight is 283 g/mol. The van der Waals surface area contributed by atoms with Crippen molar-refractivity contribution in [1.29, 1.82) is 0 Å². The molecule has 1 N–H and O–H groups in total.